The van der Waals surface area contributed by atoms with Crippen LogP contribution in [0.25, 0.3) is 10.8 Å². The van der Waals surface area contributed by atoms with E-state index in [-0.39, 0.29) is 18.1 Å². The molecule has 0 bridgehead atoms. The highest BCUT2D eigenvalue weighted by atomic mass is 32.2. The van der Waals surface area contributed by atoms with Gasteiger partial charge in [-0.2, -0.15) is 0 Å². The molecule has 45 heavy (non-hydrogen) atoms. The Morgan fingerprint density at radius 1 is 0.933 bits per heavy atom. The first-order valence-corrected chi connectivity index (χ1v) is 17.9. The van der Waals surface area contributed by atoms with E-state index in [2.05, 4.69) is 75.3 Å². The van der Waals surface area contributed by atoms with Crippen LogP contribution in [-0.4, -0.2) is 92.9 Å². The summed E-state index contributed by atoms with van der Waals surface area (Å²) in [7, 11) is -3.27. The number of likely N-dealkylation sites (tertiary alicyclic amines) is 1. The van der Waals surface area contributed by atoms with Gasteiger partial charge in [-0.1, -0.05) is 66.7 Å². The molecule has 0 spiro atoms. The lowest BCUT2D eigenvalue weighted by Gasteiger charge is -2.29. The highest BCUT2D eigenvalue weighted by Gasteiger charge is 2.28. The topological polar surface area (TPSA) is 94.2 Å². The van der Waals surface area contributed by atoms with Gasteiger partial charge in [0, 0.05) is 58.4 Å². The summed E-state index contributed by atoms with van der Waals surface area (Å²) in [5.41, 5.74) is 3.38. The number of fused-ring (bicyclic) bond motifs is 1. The minimum Gasteiger partial charge on any atom is -0.379 e. The maximum Gasteiger partial charge on any atom is 0.318 e. The molecule has 2 heterocycles. The zero-order chi connectivity index (χ0) is 31.8. The van der Waals surface area contributed by atoms with Crippen LogP contribution >= 0.6 is 0 Å². The molecule has 2 fully saturated rings. The summed E-state index contributed by atoms with van der Waals surface area (Å²) < 4.78 is 32.9. The number of carbonyl (C=O) groups is 1. The molecule has 0 radical (unpaired) electrons. The fraction of sp³-hybridized carbons (Fsp3) is 0.514. The third-order valence-corrected chi connectivity index (χ3v) is 10.9. The average molecular weight is 636 g/mol. The van der Waals surface area contributed by atoms with Gasteiger partial charge in [0.15, 0.2) is 0 Å². The molecule has 3 aromatic carbocycles. The number of morpholine rings is 1. The summed E-state index contributed by atoms with van der Waals surface area (Å²) >= 11 is 0. The van der Waals surface area contributed by atoms with Crippen molar-refractivity contribution < 1.29 is 17.9 Å². The van der Waals surface area contributed by atoms with Crippen LogP contribution in [0.15, 0.2) is 66.7 Å². The van der Waals surface area contributed by atoms with Crippen LogP contribution < -0.4 is 10.0 Å². The fourth-order valence-electron chi connectivity index (χ4n) is 6.21. The van der Waals surface area contributed by atoms with Crippen molar-refractivity contribution in [2.75, 3.05) is 52.5 Å². The van der Waals surface area contributed by atoms with E-state index in [0.29, 0.717) is 19.6 Å². The molecule has 2 atom stereocenters. The number of ether oxygens (including phenoxy) is 1. The number of hydrogen-bond acceptors (Lipinski definition) is 6. The Morgan fingerprint density at radius 2 is 1.64 bits per heavy atom. The van der Waals surface area contributed by atoms with Crippen molar-refractivity contribution >= 4 is 26.8 Å². The quantitative estimate of drug-likeness (QED) is 0.282. The van der Waals surface area contributed by atoms with Crippen molar-refractivity contribution in [3.8, 4) is 0 Å². The van der Waals surface area contributed by atoms with Crippen molar-refractivity contribution in [2.24, 2.45) is 0 Å². The lowest BCUT2D eigenvalue weighted by Crippen LogP contribution is -2.43. The number of nitrogens with one attached hydrogen (secondary N) is 2. The summed E-state index contributed by atoms with van der Waals surface area (Å²) in [4.78, 5) is 20.4. The van der Waals surface area contributed by atoms with Crippen LogP contribution in [0.2, 0.25) is 0 Å². The summed E-state index contributed by atoms with van der Waals surface area (Å²) in [6.45, 7) is 13.3. The van der Waals surface area contributed by atoms with Crippen LogP contribution in [0.3, 0.4) is 0 Å². The van der Waals surface area contributed by atoms with E-state index >= 15 is 0 Å². The minimum atomic E-state index is -3.27. The maximum atomic E-state index is 13.7. The summed E-state index contributed by atoms with van der Waals surface area (Å²) in [5.74, 6) is 0. The highest BCUT2D eigenvalue weighted by molar-refractivity contribution is 7.90. The first-order valence-electron chi connectivity index (χ1n) is 16.3. The van der Waals surface area contributed by atoms with E-state index in [1.165, 1.54) is 10.9 Å². The van der Waals surface area contributed by atoms with E-state index < -0.39 is 15.3 Å². The first kappa shape index (κ1) is 33.3. The molecule has 244 valence electrons. The van der Waals surface area contributed by atoms with E-state index in [1.54, 1.807) is 13.8 Å². The second-order valence-corrected chi connectivity index (χ2v) is 15.0. The Labute approximate surface area is 269 Å². The summed E-state index contributed by atoms with van der Waals surface area (Å²) in [5, 5.41) is 5.18. The standard InChI is InChI=1S/C35H49N5O4S/c1-27(2)45(42,43)37-32-16-19-39(26-32)24-29-12-14-30(15-13-29)25-40(18-7-17-38-20-22-44-23-21-38)35(41)36-28(3)33-11-6-9-31-8-4-5-10-34(31)33/h4-6,8-15,27-28,32,37H,7,16-26H2,1-3H3,(H,36,41). The lowest BCUT2D eigenvalue weighted by atomic mass is 10.00. The Kier molecular flexibility index (Phi) is 11.5. The van der Waals surface area contributed by atoms with Gasteiger partial charge < -0.3 is 15.0 Å². The second-order valence-electron chi connectivity index (χ2n) is 12.7. The van der Waals surface area contributed by atoms with Gasteiger partial charge in [0.1, 0.15) is 0 Å². The Balaban J connectivity index is 1.20. The molecule has 2 saturated heterocycles. The fourth-order valence-corrected chi connectivity index (χ4v) is 7.14. The van der Waals surface area contributed by atoms with Crippen LogP contribution in [0, 0.1) is 0 Å². The van der Waals surface area contributed by atoms with E-state index in [0.717, 1.165) is 75.3 Å². The number of benzene rings is 3. The van der Waals surface area contributed by atoms with Crippen molar-refractivity contribution in [1.29, 1.82) is 0 Å². The summed E-state index contributed by atoms with van der Waals surface area (Å²) in [6, 6.07) is 22.8. The second kappa shape index (κ2) is 15.5. The number of sulfonamides is 1. The van der Waals surface area contributed by atoms with Gasteiger partial charge >= 0.3 is 6.03 Å². The van der Waals surface area contributed by atoms with Crippen LogP contribution in [0.5, 0.6) is 0 Å². The van der Waals surface area contributed by atoms with Gasteiger partial charge in [-0.15, -0.1) is 0 Å². The first-order chi connectivity index (χ1) is 21.7. The SMILES string of the molecule is CC(NC(=O)N(CCCN1CCOCC1)Cc1ccc(CN2CCC(NS(=O)(=O)C(C)C)C2)cc1)c1cccc2ccccc12. The van der Waals surface area contributed by atoms with Crippen molar-refractivity contribution in [3.05, 3.63) is 83.4 Å². The molecule has 2 aliphatic heterocycles. The third-order valence-electron chi connectivity index (χ3n) is 8.95. The molecular formula is C35H49N5O4S. The number of hydrogen-bond donors (Lipinski definition) is 2. The molecule has 0 aromatic heterocycles. The number of urea groups is 1. The lowest BCUT2D eigenvalue weighted by molar-refractivity contribution is 0.0364. The van der Waals surface area contributed by atoms with Crippen LogP contribution in [0.4, 0.5) is 4.79 Å². The molecule has 2 N–H and O–H groups in total. The van der Waals surface area contributed by atoms with Gasteiger partial charge in [-0.25, -0.2) is 17.9 Å². The monoisotopic (exact) mass is 635 g/mol. The van der Waals surface area contributed by atoms with Gasteiger partial charge in [0.2, 0.25) is 10.0 Å². The minimum absolute atomic E-state index is 0.0440. The molecular weight excluding hydrogens is 586 g/mol. The van der Waals surface area contributed by atoms with Crippen molar-refractivity contribution in [1.82, 2.24) is 24.7 Å². The molecule has 2 unspecified atom stereocenters. The number of nitrogens with zero attached hydrogens (tertiary/aromatic N) is 3. The molecule has 3 aromatic rings. The molecule has 9 nitrogen and oxygen atoms in total. The third kappa shape index (κ3) is 9.26. The number of amides is 2. The number of carbonyl (C=O) groups excluding carboxylic acids is 1. The van der Waals surface area contributed by atoms with E-state index in [4.69, 9.17) is 4.74 Å². The van der Waals surface area contributed by atoms with Crippen LogP contribution in [-0.2, 0) is 27.8 Å². The zero-order valence-electron chi connectivity index (χ0n) is 27.0. The Hall–Kier alpha value is -3.02. The van der Waals surface area contributed by atoms with Crippen molar-refractivity contribution in [3.63, 3.8) is 0 Å². The van der Waals surface area contributed by atoms with Gasteiger partial charge in [-0.05, 0) is 61.1 Å². The molecule has 0 aliphatic carbocycles. The van der Waals surface area contributed by atoms with Gasteiger partial charge in [0.25, 0.3) is 0 Å². The molecule has 5 rings (SSSR count). The van der Waals surface area contributed by atoms with Gasteiger partial charge in [-0.3, -0.25) is 9.80 Å². The molecule has 2 aliphatic rings. The van der Waals surface area contributed by atoms with E-state index in [9.17, 15) is 13.2 Å². The molecule has 0 saturated carbocycles. The molecule has 10 heteroatoms. The highest BCUT2D eigenvalue weighted by Crippen LogP contribution is 2.24. The average Bonchev–Trinajstić information content (AvgIpc) is 3.47. The largest absolute Gasteiger partial charge is 0.379 e. The van der Waals surface area contributed by atoms with E-state index in [1.807, 2.05) is 23.1 Å². The number of rotatable bonds is 13. The predicted molar refractivity (Wildman–Crippen MR) is 180 cm³/mol. The Morgan fingerprint density at radius 3 is 2.40 bits per heavy atom. The normalized spacial score (nSPS) is 18.8. The zero-order valence-corrected chi connectivity index (χ0v) is 27.8. The predicted octanol–water partition coefficient (Wildman–Crippen LogP) is 4.74. The molecule has 2 amide bonds. The van der Waals surface area contributed by atoms with Crippen LogP contribution in [0.1, 0.15) is 56.3 Å². The smallest absolute Gasteiger partial charge is 0.318 e. The maximum absolute atomic E-state index is 13.7. The van der Waals surface area contributed by atoms with Gasteiger partial charge in [0.05, 0.1) is 24.5 Å². The Bertz CT molecular complexity index is 1500. The summed E-state index contributed by atoms with van der Waals surface area (Å²) in [6.07, 6.45) is 1.71. The van der Waals surface area contributed by atoms with Crippen molar-refractivity contribution in [2.45, 2.75) is 64.0 Å².